The molecule has 11 atom stereocenters. The van der Waals surface area contributed by atoms with Crippen LogP contribution in [0.1, 0.15) is 113 Å². The minimum atomic E-state index is -0.766. The first-order valence-corrected chi connectivity index (χ1v) is 14.3. The van der Waals surface area contributed by atoms with Gasteiger partial charge in [-0.3, -0.25) is 0 Å². The van der Waals surface area contributed by atoms with E-state index in [4.69, 9.17) is 0 Å². The highest BCUT2D eigenvalue weighted by atomic mass is 16.3. The minimum absolute atomic E-state index is 0.0329. The van der Waals surface area contributed by atoms with Crippen LogP contribution in [0.15, 0.2) is 0 Å². The average Bonchev–Trinajstić information content (AvgIpc) is 3.07. The van der Waals surface area contributed by atoms with Crippen LogP contribution in [-0.2, 0) is 0 Å². The fourth-order valence-electron chi connectivity index (χ4n) is 10.7. The standard InChI is InChI=1S/C30H54O4/c1-18(2)10-9-13-30(8,34)19-11-15-28(6)24(19)20(31)16-22-27(5)14-12-23(33)26(3,4)25(27)21(32)17-29(22,28)7/h18-25,31-34H,9-17H2,1-8H3/t19-,20+,21-,22+,23-,24-,25-,27+,28+,29+,30-/m0/s1. The molecule has 4 rings (SSSR count). The van der Waals surface area contributed by atoms with E-state index in [1.807, 2.05) is 6.92 Å². The van der Waals surface area contributed by atoms with Gasteiger partial charge in [-0.15, -0.1) is 0 Å². The first-order chi connectivity index (χ1) is 15.5. The molecule has 0 bridgehead atoms. The Bertz CT molecular complexity index is 761. The van der Waals surface area contributed by atoms with Gasteiger partial charge < -0.3 is 20.4 Å². The molecule has 0 saturated heterocycles. The molecule has 0 aromatic heterocycles. The number of hydrogen-bond acceptors (Lipinski definition) is 4. The monoisotopic (exact) mass is 478 g/mol. The van der Waals surface area contributed by atoms with Gasteiger partial charge in [0, 0.05) is 0 Å². The molecular weight excluding hydrogens is 424 g/mol. The maximum atomic E-state index is 11.8. The Morgan fingerprint density at radius 2 is 1.56 bits per heavy atom. The molecule has 4 nitrogen and oxygen atoms in total. The molecule has 0 aromatic rings. The van der Waals surface area contributed by atoms with Crippen molar-refractivity contribution in [1.29, 1.82) is 0 Å². The molecule has 0 radical (unpaired) electrons. The van der Waals surface area contributed by atoms with Gasteiger partial charge >= 0.3 is 0 Å². The molecule has 4 heteroatoms. The van der Waals surface area contributed by atoms with Crippen LogP contribution in [-0.4, -0.2) is 44.3 Å². The maximum absolute atomic E-state index is 11.8. The zero-order valence-electron chi connectivity index (χ0n) is 23.3. The van der Waals surface area contributed by atoms with Crippen molar-refractivity contribution >= 4 is 0 Å². The Labute approximate surface area is 208 Å². The van der Waals surface area contributed by atoms with Crippen LogP contribution in [0.2, 0.25) is 0 Å². The van der Waals surface area contributed by atoms with Crippen LogP contribution in [0.3, 0.4) is 0 Å². The summed E-state index contributed by atoms with van der Waals surface area (Å²) in [6.07, 6.45) is 6.80. The maximum Gasteiger partial charge on any atom is 0.0651 e. The highest BCUT2D eigenvalue weighted by molar-refractivity contribution is 5.21. The topological polar surface area (TPSA) is 80.9 Å². The Morgan fingerprint density at radius 1 is 0.912 bits per heavy atom. The molecule has 4 aliphatic rings. The largest absolute Gasteiger partial charge is 0.393 e. The highest BCUT2D eigenvalue weighted by Crippen LogP contribution is 2.75. The number of aliphatic hydroxyl groups excluding tert-OH is 3. The summed E-state index contributed by atoms with van der Waals surface area (Å²) >= 11 is 0. The lowest BCUT2D eigenvalue weighted by atomic mass is 9.34. The Balaban J connectivity index is 1.68. The van der Waals surface area contributed by atoms with Crippen molar-refractivity contribution in [2.45, 2.75) is 137 Å². The molecule has 198 valence electrons. The molecule has 4 aliphatic carbocycles. The lowest BCUT2D eigenvalue weighted by Gasteiger charge is -2.71. The fraction of sp³-hybridized carbons (Fsp3) is 1.00. The number of aliphatic hydroxyl groups is 4. The van der Waals surface area contributed by atoms with Crippen LogP contribution in [0, 0.1) is 51.2 Å². The van der Waals surface area contributed by atoms with Crippen molar-refractivity contribution in [1.82, 2.24) is 0 Å². The van der Waals surface area contributed by atoms with Crippen LogP contribution in [0.4, 0.5) is 0 Å². The summed E-state index contributed by atoms with van der Waals surface area (Å²) in [5.41, 5.74) is -1.42. The van der Waals surface area contributed by atoms with Gasteiger partial charge in [-0.2, -0.15) is 0 Å². The summed E-state index contributed by atoms with van der Waals surface area (Å²) in [7, 11) is 0. The summed E-state index contributed by atoms with van der Waals surface area (Å²) in [5, 5.41) is 46.0. The SMILES string of the molecule is CC(C)CCC[C@](C)(O)[C@H]1CC[C@]2(C)[C@@H]1[C@H](O)C[C@@H]1[C@@]3(C)CC[C@H](O)C(C)(C)[C@@H]3[C@@H](O)C[C@]12C. The summed E-state index contributed by atoms with van der Waals surface area (Å²) in [6, 6.07) is 0. The van der Waals surface area contributed by atoms with Crippen molar-refractivity contribution in [3.8, 4) is 0 Å². The van der Waals surface area contributed by atoms with Crippen LogP contribution in [0.25, 0.3) is 0 Å². The van der Waals surface area contributed by atoms with Gasteiger partial charge in [0.1, 0.15) is 0 Å². The highest BCUT2D eigenvalue weighted by Gasteiger charge is 2.72. The first kappa shape index (κ1) is 26.9. The predicted molar refractivity (Wildman–Crippen MR) is 137 cm³/mol. The molecule has 4 fully saturated rings. The van der Waals surface area contributed by atoms with E-state index in [2.05, 4.69) is 48.5 Å². The van der Waals surface area contributed by atoms with Crippen molar-refractivity contribution < 1.29 is 20.4 Å². The quantitative estimate of drug-likeness (QED) is 0.417. The molecule has 0 spiro atoms. The molecule has 0 amide bonds. The molecule has 0 heterocycles. The van der Waals surface area contributed by atoms with Crippen LogP contribution >= 0.6 is 0 Å². The Kier molecular flexibility index (Phi) is 6.67. The van der Waals surface area contributed by atoms with Crippen molar-refractivity contribution in [2.24, 2.45) is 51.2 Å². The van der Waals surface area contributed by atoms with E-state index in [9.17, 15) is 20.4 Å². The van der Waals surface area contributed by atoms with Crippen molar-refractivity contribution in [3.63, 3.8) is 0 Å². The Hall–Kier alpha value is -0.160. The third-order valence-electron chi connectivity index (χ3n) is 12.5. The van der Waals surface area contributed by atoms with Gasteiger partial charge in [-0.05, 0) is 103 Å². The third kappa shape index (κ3) is 3.67. The number of rotatable bonds is 5. The van der Waals surface area contributed by atoms with Gasteiger partial charge in [0.05, 0.1) is 23.9 Å². The summed E-state index contributed by atoms with van der Waals surface area (Å²) in [4.78, 5) is 0. The normalized spacial score (nSPS) is 52.0. The van der Waals surface area contributed by atoms with E-state index in [1.54, 1.807) is 0 Å². The van der Waals surface area contributed by atoms with Crippen molar-refractivity contribution in [2.75, 3.05) is 0 Å². The lowest BCUT2D eigenvalue weighted by molar-refractivity contribution is -0.274. The molecule has 34 heavy (non-hydrogen) atoms. The fourth-order valence-corrected chi connectivity index (χ4v) is 10.7. The lowest BCUT2D eigenvalue weighted by Crippen LogP contribution is -2.69. The number of fused-ring (bicyclic) bond motifs is 5. The van der Waals surface area contributed by atoms with Crippen LogP contribution < -0.4 is 0 Å². The summed E-state index contributed by atoms with van der Waals surface area (Å²) in [6.45, 7) is 17.9. The van der Waals surface area contributed by atoms with Gasteiger partial charge in [0.25, 0.3) is 0 Å². The van der Waals surface area contributed by atoms with Crippen LogP contribution in [0.5, 0.6) is 0 Å². The molecule has 0 aromatic carbocycles. The minimum Gasteiger partial charge on any atom is -0.393 e. The zero-order valence-corrected chi connectivity index (χ0v) is 23.3. The second-order valence-electron chi connectivity index (χ2n) is 15.1. The van der Waals surface area contributed by atoms with Gasteiger partial charge in [-0.1, -0.05) is 61.3 Å². The van der Waals surface area contributed by atoms with E-state index >= 15 is 0 Å². The second-order valence-corrected chi connectivity index (χ2v) is 15.1. The summed E-state index contributed by atoms with van der Waals surface area (Å²) in [5.74, 6) is 1.15. The van der Waals surface area contributed by atoms with E-state index in [0.717, 1.165) is 57.8 Å². The third-order valence-corrected chi connectivity index (χ3v) is 12.5. The Morgan fingerprint density at radius 3 is 2.18 bits per heavy atom. The molecule has 0 aliphatic heterocycles. The molecule has 0 unspecified atom stereocenters. The second kappa shape index (κ2) is 8.43. The predicted octanol–water partition coefficient (Wildman–Crippen LogP) is 5.55. The zero-order chi connectivity index (χ0) is 25.5. The van der Waals surface area contributed by atoms with Crippen molar-refractivity contribution in [3.05, 3.63) is 0 Å². The van der Waals surface area contributed by atoms with Gasteiger partial charge in [0.15, 0.2) is 0 Å². The van der Waals surface area contributed by atoms with Gasteiger partial charge in [0.2, 0.25) is 0 Å². The van der Waals surface area contributed by atoms with Gasteiger partial charge in [-0.25, -0.2) is 0 Å². The molecule has 4 saturated carbocycles. The number of hydrogen-bond donors (Lipinski definition) is 4. The molecular formula is C30H54O4. The van der Waals surface area contributed by atoms with E-state index in [0.29, 0.717) is 11.8 Å². The van der Waals surface area contributed by atoms with E-state index in [-0.39, 0.29) is 39.4 Å². The molecule has 4 N–H and O–H groups in total. The first-order valence-electron chi connectivity index (χ1n) is 14.3. The average molecular weight is 479 g/mol. The summed E-state index contributed by atoms with van der Waals surface area (Å²) < 4.78 is 0. The smallest absolute Gasteiger partial charge is 0.0651 e. The van der Waals surface area contributed by atoms with E-state index < -0.39 is 23.9 Å². The van der Waals surface area contributed by atoms with E-state index in [1.165, 1.54) is 0 Å².